The second-order valence-electron chi connectivity index (χ2n) is 6.44. The molecule has 3 aliphatic rings. The number of fused-ring (bicyclic) bond motifs is 2. The van der Waals surface area contributed by atoms with Crippen LogP contribution in [-0.2, 0) is 9.53 Å². The molecule has 4 heteroatoms. The van der Waals surface area contributed by atoms with E-state index in [4.69, 9.17) is 4.74 Å². The number of ether oxygens (including phenoxy) is 1. The van der Waals surface area contributed by atoms with E-state index in [1.54, 1.807) is 0 Å². The Morgan fingerprint density at radius 1 is 1.11 bits per heavy atom. The summed E-state index contributed by atoms with van der Waals surface area (Å²) in [6.07, 6.45) is 8.27. The summed E-state index contributed by atoms with van der Waals surface area (Å²) >= 11 is 0. The van der Waals surface area contributed by atoms with Crippen molar-refractivity contribution in [1.82, 2.24) is 10.6 Å². The number of carbonyl (C=O) groups excluding carboxylic acids is 1. The molecule has 3 heterocycles. The minimum Gasteiger partial charge on any atom is -0.381 e. The Labute approximate surface area is 115 Å². The average molecular weight is 266 g/mol. The fraction of sp³-hybridized carbons (Fsp3) is 0.933. The van der Waals surface area contributed by atoms with Gasteiger partial charge in [0, 0.05) is 37.8 Å². The molecule has 19 heavy (non-hydrogen) atoms. The molecule has 2 bridgehead atoms. The number of piperidine rings is 1. The van der Waals surface area contributed by atoms with E-state index in [0.29, 0.717) is 0 Å². The highest BCUT2D eigenvalue weighted by atomic mass is 16.5. The van der Waals surface area contributed by atoms with E-state index >= 15 is 0 Å². The Hall–Kier alpha value is -0.610. The van der Waals surface area contributed by atoms with Crippen molar-refractivity contribution in [2.24, 2.45) is 11.8 Å². The third-order valence-corrected chi connectivity index (χ3v) is 5.01. The van der Waals surface area contributed by atoms with Crippen LogP contribution in [0.3, 0.4) is 0 Å². The van der Waals surface area contributed by atoms with Gasteiger partial charge in [0.15, 0.2) is 0 Å². The SMILES string of the molecule is O=C(NCCC1CC2CCC(C1)N2)C1CCOCC1. The summed E-state index contributed by atoms with van der Waals surface area (Å²) in [5.74, 6) is 1.26. The van der Waals surface area contributed by atoms with E-state index in [-0.39, 0.29) is 11.8 Å². The van der Waals surface area contributed by atoms with Crippen molar-refractivity contribution < 1.29 is 9.53 Å². The van der Waals surface area contributed by atoms with Gasteiger partial charge in [0.1, 0.15) is 0 Å². The van der Waals surface area contributed by atoms with Gasteiger partial charge in [-0.25, -0.2) is 0 Å². The topological polar surface area (TPSA) is 50.4 Å². The molecule has 108 valence electrons. The molecule has 0 radical (unpaired) electrons. The maximum Gasteiger partial charge on any atom is 0.223 e. The lowest BCUT2D eigenvalue weighted by atomic mass is 9.89. The highest BCUT2D eigenvalue weighted by Crippen LogP contribution is 2.32. The van der Waals surface area contributed by atoms with Crippen molar-refractivity contribution >= 4 is 5.91 Å². The molecule has 3 fully saturated rings. The molecule has 3 aliphatic heterocycles. The molecule has 2 unspecified atom stereocenters. The minimum absolute atomic E-state index is 0.193. The number of hydrogen-bond acceptors (Lipinski definition) is 3. The summed E-state index contributed by atoms with van der Waals surface area (Å²) in [4.78, 5) is 12.0. The van der Waals surface area contributed by atoms with E-state index in [0.717, 1.165) is 57.0 Å². The summed E-state index contributed by atoms with van der Waals surface area (Å²) in [7, 11) is 0. The van der Waals surface area contributed by atoms with Gasteiger partial charge in [-0.2, -0.15) is 0 Å². The van der Waals surface area contributed by atoms with Gasteiger partial charge in [0.25, 0.3) is 0 Å². The van der Waals surface area contributed by atoms with Crippen LogP contribution in [0.1, 0.15) is 44.9 Å². The fourth-order valence-corrected chi connectivity index (χ4v) is 3.91. The Bertz CT molecular complexity index is 303. The predicted molar refractivity (Wildman–Crippen MR) is 73.8 cm³/mol. The third kappa shape index (κ3) is 3.48. The zero-order chi connectivity index (χ0) is 13.1. The molecule has 4 nitrogen and oxygen atoms in total. The number of amides is 1. The van der Waals surface area contributed by atoms with Crippen LogP contribution in [0.25, 0.3) is 0 Å². The predicted octanol–water partition coefficient (Wildman–Crippen LogP) is 1.45. The Balaban J connectivity index is 1.35. The van der Waals surface area contributed by atoms with E-state index in [9.17, 15) is 4.79 Å². The van der Waals surface area contributed by atoms with Crippen LogP contribution in [0.5, 0.6) is 0 Å². The van der Waals surface area contributed by atoms with Gasteiger partial charge in [0.05, 0.1) is 0 Å². The molecule has 0 aliphatic carbocycles. The van der Waals surface area contributed by atoms with Crippen LogP contribution < -0.4 is 10.6 Å². The zero-order valence-corrected chi connectivity index (χ0v) is 11.7. The lowest BCUT2D eigenvalue weighted by Gasteiger charge is -2.29. The Kier molecular flexibility index (Phi) is 4.38. The normalized spacial score (nSPS) is 35.3. The monoisotopic (exact) mass is 266 g/mol. The van der Waals surface area contributed by atoms with Crippen molar-refractivity contribution in [3.63, 3.8) is 0 Å². The zero-order valence-electron chi connectivity index (χ0n) is 11.7. The van der Waals surface area contributed by atoms with E-state index < -0.39 is 0 Å². The summed E-state index contributed by atoms with van der Waals surface area (Å²) < 4.78 is 5.29. The Morgan fingerprint density at radius 3 is 2.47 bits per heavy atom. The average Bonchev–Trinajstić information content (AvgIpc) is 2.79. The second-order valence-corrected chi connectivity index (χ2v) is 6.44. The van der Waals surface area contributed by atoms with Gasteiger partial charge in [-0.05, 0) is 50.9 Å². The molecule has 1 amide bonds. The summed E-state index contributed by atoms with van der Waals surface area (Å²) in [6.45, 7) is 2.35. The molecule has 3 saturated heterocycles. The summed E-state index contributed by atoms with van der Waals surface area (Å²) in [6, 6.07) is 1.52. The van der Waals surface area contributed by atoms with Gasteiger partial charge in [-0.1, -0.05) is 0 Å². The summed E-state index contributed by atoms with van der Waals surface area (Å²) in [5.41, 5.74) is 0. The number of rotatable bonds is 4. The number of nitrogens with one attached hydrogen (secondary N) is 2. The molecule has 2 atom stereocenters. The van der Waals surface area contributed by atoms with Crippen molar-refractivity contribution in [3.05, 3.63) is 0 Å². The van der Waals surface area contributed by atoms with Crippen LogP contribution in [0.15, 0.2) is 0 Å². The molecule has 0 aromatic heterocycles. The summed E-state index contributed by atoms with van der Waals surface area (Å²) in [5, 5.41) is 6.80. The molecule has 0 spiro atoms. The molecule has 2 N–H and O–H groups in total. The van der Waals surface area contributed by atoms with Crippen molar-refractivity contribution in [2.75, 3.05) is 19.8 Å². The lowest BCUT2D eigenvalue weighted by molar-refractivity contribution is -0.127. The second kappa shape index (κ2) is 6.23. The Morgan fingerprint density at radius 2 is 1.79 bits per heavy atom. The molecular formula is C15H26N2O2. The molecule has 0 saturated carbocycles. The first-order valence-electron chi connectivity index (χ1n) is 7.93. The van der Waals surface area contributed by atoms with Gasteiger partial charge >= 0.3 is 0 Å². The van der Waals surface area contributed by atoms with E-state index in [1.165, 1.54) is 25.7 Å². The van der Waals surface area contributed by atoms with Crippen LogP contribution in [0.2, 0.25) is 0 Å². The maximum atomic E-state index is 12.0. The number of hydrogen-bond donors (Lipinski definition) is 2. The molecule has 0 aromatic rings. The standard InChI is InChI=1S/C15H26N2O2/c18-15(12-4-7-19-8-5-12)16-6-3-11-9-13-1-2-14(10-11)17-13/h11-14,17H,1-10H2,(H,16,18). The smallest absolute Gasteiger partial charge is 0.223 e. The van der Waals surface area contributed by atoms with Crippen LogP contribution in [-0.4, -0.2) is 37.7 Å². The molecular weight excluding hydrogens is 240 g/mol. The van der Waals surface area contributed by atoms with Crippen molar-refractivity contribution in [2.45, 2.75) is 57.0 Å². The van der Waals surface area contributed by atoms with Crippen molar-refractivity contribution in [1.29, 1.82) is 0 Å². The first-order valence-corrected chi connectivity index (χ1v) is 7.93. The molecule has 3 rings (SSSR count). The van der Waals surface area contributed by atoms with Gasteiger partial charge in [-0.15, -0.1) is 0 Å². The third-order valence-electron chi connectivity index (χ3n) is 5.01. The first-order chi connectivity index (χ1) is 9.31. The van der Waals surface area contributed by atoms with Crippen molar-refractivity contribution in [3.8, 4) is 0 Å². The van der Waals surface area contributed by atoms with Gasteiger partial charge < -0.3 is 15.4 Å². The van der Waals surface area contributed by atoms with Gasteiger partial charge in [-0.3, -0.25) is 4.79 Å². The largest absolute Gasteiger partial charge is 0.381 e. The van der Waals surface area contributed by atoms with E-state index in [2.05, 4.69) is 10.6 Å². The maximum absolute atomic E-state index is 12.0. The minimum atomic E-state index is 0.193. The van der Waals surface area contributed by atoms with Crippen LogP contribution in [0.4, 0.5) is 0 Å². The van der Waals surface area contributed by atoms with E-state index in [1.807, 2.05) is 0 Å². The highest BCUT2D eigenvalue weighted by Gasteiger charge is 2.33. The lowest BCUT2D eigenvalue weighted by Crippen LogP contribution is -2.40. The van der Waals surface area contributed by atoms with Crippen LogP contribution >= 0.6 is 0 Å². The first kappa shape index (κ1) is 13.4. The quantitative estimate of drug-likeness (QED) is 0.810. The fourth-order valence-electron chi connectivity index (χ4n) is 3.91. The van der Waals surface area contributed by atoms with Crippen LogP contribution in [0, 0.1) is 11.8 Å². The highest BCUT2D eigenvalue weighted by molar-refractivity contribution is 5.78. The number of carbonyl (C=O) groups is 1. The molecule has 0 aromatic carbocycles. The van der Waals surface area contributed by atoms with Gasteiger partial charge in [0.2, 0.25) is 5.91 Å².